The first-order valence-corrected chi connectivity index (χ1v) is 14.4. The summed E-state index contributed by atoms with van der Waals surface area (Å²) in [7, 11) is 0. The first-order chi connectivity index (χ1) is 15.2. The van der Waals surface area contributed by atoms with Crippen LogP contribution in [0.15, 0.2) is 24.3 Å². The predicted octanol–water partition coefficient (Wildman–Crippen LogP) is 6.55. The second kappa shape index (κ2) is 7.95. The van der Waals surface area contributed by atoms with E-state index in [1.165, 1.54) is 75.9 Å². The van der Waals surface area contributed by atoms with Crippen LogP contribution in [-0.2, 0) is 19.4 Å². The van der Waals surface area contributed by atoms with Crippen molar-refractivity contribution in [2.45, 2.75) is 70.8 Å². The molecule has 4 heteroatoms. The number of aromatic nitrogens is 1. The predicted molar refractivity (Wildman–Crippen MR) is 136 cm³/mol. The van der Waals surface area contributed by atoms with Crippen LogP contribution in [0, 0.1) is 0 Å². The van der Waals surface area contributed by atoms with Gasteiger partial charge in [-0.15, -0.1) is 20.7 Å². The van der Waals surface area contributed by atoms with Gasteiger partial charge in [-0.1, -0.05) is 19.3 Å². The first kappa shape index (κ1) is 19.8. The number of nitrogens with zero attached hydrogens (tertiary/aromatic N) is 1. The molecule has 2 aliphatic carbocycles. The zero-order valence-electron chi connectivity index (χ0n) is 17.9. The third kappa shape index (κ3) is 3.42. The highest BCUT2D eigenvalue weighted by Crippen LogP contribution is 2.41. The van der Waals surface area contributed by atoms with E-state index in [9.17, 15) is 9.59 Å². The molecule has 0 atom stereocenters. The van der Waals surface area contributed by atoms with E-state index in [0.717, 1.165) is 30.5 Å². The summed E-state index contributed by atoms with van der Waals surface area (Å²) >= 11 is 0.545. The lowest BCUT2D eigenvalue weighted by Crippen LogP contribution is -1.99. The van der Waals surface area contributed by atoms with Gasteiger partial charge in [0.05, 0.1) is 0 Å². The molecule has 0 fully saturated rings. The molecule has 0 amide bonds. The van der Waals surface area contributed by atoms with Crippen molar-refractivity contribution >= 4 is 57.6 Å². The molecule has 6 rings (SSSR count). The number of benzene rings is 2. The molecule has 0 saturated carbocycles. The largest absolute Gasteiger partial charge is 0.340 e. The van der Waals surface area contributed by atoms with Crippen molar-refractivity contribution in [2.75, 3.05) is 4.43 Å². The summed E-state index contributed by atoms with van der Waals surface area (Å²) in [5.74, 6) is 0.542. The Morgan fingerprint density at radius 2 is 1.26 bits per heavy atom. The molecule has 160 valence electrons. The van der Waals surface area contributed by atoms with Gasteiger partial charge in [-0.2, -0.15) is 0 Å². The standard InChI is InChI=1S/C27H28INO2/c30-24-13-9-20-18(24)7-11-22-26(20)27-21-10-14-25(31)19(21)8-12-23(27)29(22)15-5-3-1-2-4-6-17-16-28-17/h7-8,11-12H,1-6,9-10,13-16H2. The summed E-state index contributed by atoms with van der Waals surface area (Å²) in [5.41, 5.74) is 6.77. The van der Waals surface area contributed by atoms with Crippen LogP contribution >= 0.6 is 20.7 Å². The normalized spacial score (nSPS) is 17.2. The highest BCUT2D eigenvalue weighted by Gasteiger charge is 2.29. The van der Waals surface area contributed by atoms with Gasteiger partial charge >= 0.3 is 0 Å². The maximum Gasteiger partial charge on any atom is 0.163 e. The number of hydrogen-bond acceptors (Lipinski definition) is 2. The summed E-state index contributed by atoms with van der Waals surface area (Å²) in [6.07, 6.45) is 10.9. The molecule has 0 radical (unpaired) electrons. The van der Waals surface area contributed by atoms with E-state index in [1.807, 2.05) is 15.6 Å². The number of Topliss-reactive ketones (excluding diaryl/α,β-unsaturated/α-hetero) is 2. The molecule has 1 aliphatic heterocycles. The van der Waals surface area contributed by atoms with Crippen LogP contribution in [0.4, 0.5) is 0 Å². The van der Waals surface area contributed by atoms with E-state index < -0.39 is 0 Å². The van der Waals surface area contributed by atoms with Crippen molar-refractivity contribution < 1.29 is 9.59 Å². The van der Waals surface area contributed by atoms with Gasteiger partial charge in [-0.05, 0) is 71.0 Å². The van der Waals surface area contributed by atoms with Crippen LogP contribution in [0.3, 0.4) is 0 Å². The Labute approximate surface area is 192 Å². The highest BCUT2D eigenvalue weighted by molar-refractivity contribution is 14.2. The zero-order chi connectivity index (χ0) is 20.9. The van der Waals surface area contributed by atoms with Gasteiger partial charge < -0.3 is 4.57 Å². The second-order valence-electron chi connectivity index (χ2n) is 9.27. The number of hydrogen-bond donors (Lipinski definition) is 0. The number of unbranched alkanes of at least 4 members (excludes halogenated alkanes) is 4. The summed E-state index contributed by atoms with van der Waals surface area (Å²) in [6, 6.07) is 8.42. The van der Waals surface area contributed by atoms with Crippen molar-refractivity contribution in [1.82, 2.24) is 4.57 Å². The van der Waals surface area contributed by atoms with Crippen LogP contribution in [0.25, 0.3) is 21.8 Å². The lowest BCUT2D eigenvalue weighted by Gasteiger charge is -2.09. The second-order valence-corrected chi connectivity index (χ2v) is 12.3. The molecular weight excluding hydrogens is 497 g/mol. The number of ketones is 2. The van der Waals surface area contributed by atoms with Gasteiger partial charge in [0.15, 0.2) is 11.6 Å². The van der Waals surface area contributed by atoms with Gasteiger partial charge in [0.2, 0.25) is 0 Å². The van der Waals surface area contributed by atoms with Gasteiger partial charge in [-0.25, -0.2) is 0 Å². The maximum atomic E-state index is 12.4. The Morgan fingerprint density at radius 3 is 1.84 bits per heavy atom. The van der Waals surface area contributed by atoms with E-state index in [2.05, 4.69) is 16.7 Å². The highest BCUT2D eigenvalue weighted by atomic mass is 127. The first-order valence-electron chi connectivity index (χ1n) is 11.8. The van der Waals surface area contributed by atoms with E-state index in [-0.39, 0.29) is 11.6 Å². The Hall–Kier alpha value is -1.82. The molecule has 0 N–H and O–H groups in total. The number of carbonyl (C=O) groups is 2. The molecule has 3 aliphatic rings. The van der Waals surface area contributed by atoms with Crippen molar-refractivity contribution in [2.24, 2.45) is 0 Å². The fourth-order valence-electron chi connectivity index (χ4n) is 5.74. The topological polar surface area (TPSA) is 39.1 Å². The fraction of sp³-hybridized carbons (Fsp3) is 0.444. The number of rotatable bonds is 8. The smallest absolute Gasteiger partial charge is 0.163 e. The minimum absolute atomic E-state index is 0.271. The average Bonchev–Trinajstić information content (AvgIpc) is 3.30. The minimum atomic E-state index is 0.271. The summed E-state index contributed by atoms with van der Waals surface area (Å²) in [4.78, 5) is 24.8. The van der Waals surface area contributed by atoms with Crippen LogP contribution in [0.1, 0.15) is 83.2 Å². The third-order valence-electron chi connectivity index (χ3n) is 7.37. The lowest BCUT2D eigenvalue weighted by molar-refractivity contribution is 0.0986. The molecule has 0 bridgehead atoms. The van der Waals surface area contributed by atoms with Gasteiger partial charge in [0, 0.05) is 56.7 Å². The van der Waals surface area contributed by atoms with E-state index in [4.69, 9.17) is 0 Å². The fourth-order valence-corrected chi connectivity index (χ4v) is 7.15. The van der Waals surface area contributed by atoms with Crippen molar-refractivity contribution in [3.63, 3.8) is 0 Å². The number of halogens is 1. The molecule has 3 aromatic rings. The average molecular weight is 525 g/mol. The lowest BCUT2D eigenvalue weighted by atomic mass is 9.98. The zero-order valence-corrected chi connectivity index (χ0v) is 20.1. The summed E-state index contributed by atoms with van der Waals surface area (Å²) in [6.45, 7) is 1.02. The molecule has 0 spiro atoms. The van der Waals surface area contributed by atoms with Crippen molar-refractivity contribution in [1.29, 1.82) is 0 Å². The number of aryl methyl sites for hydroxylation is 3. The third-order valence-corrected chi connectivity index (χ3v) is 9.75. The molecule has 31 heavy (non-hydrogen) atoms. The van der Waals surface area contributed by atoms with Gasteiger partial charge in [0.25, 0.3) is 0 Å². The Bertz CT molecular complexity index is 1200. The summed E-state index contributed by atoms with van der Waals surface area (Å²) < 4.78 is 5.86. The Kier molecular flexibility index (Phi) is 5.09. The maximum absolute atomic E-state index is 12.4. The molecule has 1 aromatic heterocycles. The minimum Gasteiger partial charge on any atom is -0.340 e. The van der Waals surface area contributed by atoms with Gasteiger partial charge in [0.1, 0.15) is 0 Å². The van der Waals surface area contributed by atoms with Crippen molar-refractivity contribution in [3.8, 4) is 0 Å². The summed E-state index contributed by atoms with van der Waals surface area (Å²) in [5, 5.41) is 2.52. The number of carbonyl (C=O) groups excluding carboxylic acids is 2. The van der Waals surface area contributed by atoms with E-state index in [1.54, 1.807) is 0 Å². The Balaban J connectivity index is 1.34. The molecule has 0 saturated heterocycles. The monoisotopic (exact) mass is 525 g/mol. The molecular formula is C27H28INO2. The van der Waals surface area contributed by atoms with Crippen LogP contribution in [0.5, 0.6) is 0 Å². The molecule has 3 nitrogen and oxygen atoms in total. The molecule has 2 heterocycles. The quantitative estimate of drug-likeness (QED) is 0.190. The van der Waals surface area contributed by atoms with Crippen LogP contribution in [0.2, 0.25) is 0 Å². The van der Waals surface area contributed by atoms with Gasteiger partial charge in [-0.3, -0.25) is 9.59 Å². The number of fused-ring (bicyclic) bond motifs is 7. The van der Waals surface area contributed by atoms with Crippen LogP contribution in [-0.4, -0.2) is 24.1 Å². The molecule has 2 aromatic carbocycles. The van der Waals surface area contributed by atoms with E-state index >= 15 is 0 Å². The SMILES string of the molecule is O=C1CCc2c1ccc1c2c2c3c(ccc2n1CCCCCCCC1=IC1)C(=O)CC3. The Morgan fingerprint density at radius 1 is 0.710 bits per heavy atom. The van der Waals surface area contributed by atoms with Crippen LogP contribution < -0.4 is 0 Å². The number of alkyl halides is 1. The van der Waals surface area contributed by atoms with E-state index in [0.29, 0.717) is 33.6 Å². The molecule has 0 unspecified atom stereocenters. The van der Waals surface area contributed by atoms with Crippen molar-refractivity contribution in [3.05, 3.63) is 46.5 Å².